The maximum Gasteiger partial charge on any atom is 0.218 e. The zero-order valence-electron chi connectivity index (χ0n) is 22.0. The van der Waals surface area contributed by atoms with Gasteiger partial charge < -0.3 is 0 Å². The second-order valence-corrected chi connectivity index (χ2v) is 12.2. The molecule has 9 nitrogen and oxygen atoms in total. The van der Waals surface area contributed by atoms with Gasteiger partial charge >= 0.3 is 0 Å². The van der Waals surface area contributed by atoms with E-state index in [9.17, 15) is 17.2 Å². The molecule has 0 saturated heterocycles. The van der Waals surface area contributed by atoms with Gasteiger partial charge in [0.25, 0.3) is 0 Å². The molecular weight excluding hydrogens is 524 g/mol. The predicted molar refractivity (Wildman–Crippen MR) is 141 cm³/mol. The molecule has 4 aromatic rings. The van der Waals surface area contributed by atoms with E-state index >= 15 is 0 Å². The van der Waals surface area contributed by atoms with Gasteiger partial charge in [-0.15, -0.1) is 10.2 Å². The molecule has 0 spiro atoms. The Labute approximate surface area is 225 Å². The van der Waals surface area contributed by atoms with E-state index in [0.717, 1.165) is 36.2 Å². The summed E-state index contributed by atoms with van der Waals surface area (Å²) in [6.45, 7) is 4.32. The molecule has 1 aliphatic carbocycles. The highest BCUT2D eigenvalue weighted by atomic mass is 32.2. The molecule has 0 bridgehead atoms. The van der Waals surface area contributed by atoms with Crippen LogP contribution in [-0.4, -0.2) is 55.4 Å². The number of fused-ring (bicyclic) bond motifs is 1. The number of rotatable bonds is 8. The molecule has 5 rings (SSSR count). The predicted octanol–water partition coefficient (Wildman–Crippen LogP) is 4.50. The van der Waals surface area contributed by atoms with Gasteiger partial charge in [0.05, 0.1) is 40.4 Å². The first-order valence-corrected chi connectivity index (χ1v) is 14.9. The fourth-order valence-electron chi connectivity index (χ4n) is 5.34. The minimum absolute atomic E-state index is 0.0531. The summed E-state index contributed by atoms with van der Waals surface area (Å²) in [7, 11) is -3.15. The van der Waals surface area contributed by atoms with Gasteiger partial charge in [-0.25, -0.2) is 32.2 Å². The van der Waals surface area contributed by atoms with Crippen LogP contribution in [0.4, 0.5) is 8.78 Å². The lowest BCUT2D eigenvalue weighted by Gasteiger charge is -2.39. The smallest absolute Gasteiger partial charge is 0.218 e. The highest BCUT2D eigenvalue weighted by Crippen LogP contribution is 2.49. The molecule has 0 fully saturated rings. The fourth-order valence-corrected chi connectivity index (χ4v) is 5.86. The third kappa shape index (κ3) is 5.17. The third-order valence-corrected chi connectivity index (χ3v) is 8.45. The quantitative estimate of drug-likeness (QED) is 0.313. The number of halogens is 2. The van der Waals surface area contributed by atoms with Crippen LogP contribution in [0.1, 0.15) is 62.4 Å². The van der Waals surface area contributed by atoms with Crippen molar-refractivity contribution in [1.29, 1.82) is 0 Å². The first-order chi connectivity index (χ1) is 18.6. The summed E-state index contributed by atoms with van der Waals surface area (Å²) in [4.78, 5) is 13.5. The Morgan fingerprint density at radius 3 is 2.54 bits per heavy atom. The van der Waals surface area contributed by atoms with Gasteiger partial charge in [0.2, 0.25) is 5.82 Å². The second-order valence-electron chi connectivity index (χ2n) is 9.94. The topological polar surface area (TPSA) is 116 Å². The van der Waals surface area contributed by atoms with Gasteiger partial charge in [0.1, 0.15) is 27.8 Å². The number of nitrogens with zero attached hydrogens (tertiary/aromatic N) is 7. The van der Waals surface area contributed by atoms with E-state index in [1.807, 2.05) is 6.07 Å². The molecule has 0 amide bonds. The summed E-state index contributed by atoms with van der Waals surface area (Å²) in [6.07, 6.45) is 7.42. The normalized spacial score (nSPS) is 19.2. The zero-order valence-corrected chi connectivity index (χ0v) is 22.8. The van der Waals surface area contributed by atoms with Crippen LogP contribution in [0.5, 0.6) is 0 Å². The van der Waals surface area contributed by atoms with Crippen LogP contribution >= 0.6 is 0 Å². The molecule has 204 valence electrons. The molecule has 1 aliphatic rings. The number of hydrogen-bond acceptors (Lipinski definition) is 8. The summed E-state index contributed by atoms with van der Waals surface area (Å²) in [5.74, 6) is -0.649. The van der Waals surface area contributed by atoms with Gasteiger partial charge in [-0.2, -0.15) is 5.10 Å². The molecule has 0 N–H and O–H groups in total. The van der Waals surface area contributed by atoms with Crippen LogP contribution < -0.4 is 0 Å². The van der Waals surface area contributed by atoms with Crippen molar-refractivity contribution < 1.29 is 17.2 Å². The Morgan fingerprint density at radius 2 is 1.85 bits per heavy atom. The Kier molecular flexibility index (Phi) is 7.23. The van der Waals surface area contributed by atoms with E-state index in [1.54, 1.807) is 12.3 Å². The van der Waals surface area contributed by atoms with Crippen molar-refractivity contribution in [2.45, 2.75) is 57.4 Å². The molecule has 0 radical (unpaired) electrons. The lowest BCUT2D eigenvalue weighted by molar-refractivity contribution is 0.353. The SMILES string of the molecule is CC[C@H]1CC[C@](CC)(c2ccnc(-c3ncn(CCS(C)(=O)=O)n3)n2)c2nnc(-c3c(F)cccc3F)cc21. The molecule has 12 heteroatoms. The average Bonchev–Trinajstić information content (AvgIpc) is 3.40. The van der Waals surface area contributed by atoms with Crippen LogP contribution in [0.15, 0.2) is 42.9 Å². The van der Waals surface area contributed by atoms with Crippen molar-refractivity contribution in [2.75, 3.05) is 12.0 Å². The van der Waals surface area contributed by atoms with Crippen LogP contribution in [-0.2, 0) is 21.8 Å². The highest BCUT2D eigenvalue weighted by Gasteiger charge is 2.43. The van der Waals surface area contributed by atoms with Gasteiger partial charge in [0.15, 0.2) is 5.82 Å². The van der Waals surface area contributed by atoms with Crippen LogP contribution in [0.2, 0.25) is 0 Å². The molecule has 0 aliphatic heterocycles. The van der Waals surface area contributed by atoms with Crippen LogP contribution in [0.3, 0.4) is 0 Å². The molecule has 0 unspecified atom stereocenters. The number of sulfone groups is 1. The maximum atomic E-state index is 14.6. The van der Waals surface area contributed by atoms with Crippen molar-refractivity contribution in [1.82, 2.24) is 34.9 Å². The average molecular weight is 554 g/mol. The summed E-state index contributed by atoms with van der Waals surface area (Å²) >= 11 is 0. The third-order valence-electron chi connectivity index (χ3n) is 7.52. The molecule has 0 saturated carbocycles. The monoisotopic (exact) mass is 553 g/mol. The lowest BCUT2D eigenvalue weighted by Crippen LogP contribution is -2.36. The molecule has 1 aromatic carbocycles. The summed E-state index contributed by atoms with van der Waals surface area (Å²) < 4.78 is 53.6. The van der Waals surface area contributed by atoms with E-state index in [2.05, 4.69) is 39.1 Å². The minimum atomic E-state index is -3.15. The molecule has 3 aromatic heterocycles. The van der Waals surface area contributed by atoms with Gasteiger partial charge in [-0.3, -0.25) is 4.68 Å². The Hall–Kier alpha value is -3.67. The van der Waals surface area contributed by atoms with Crippen molar-refractivity contribution in [3.05, 3.63) is 71.4 Å². The van der Waals surface area contributed by atoms with E-state index in [0.29, 0.717) is 12.2 Å². The van der Waals surface area contributed by atoms with Crippen molar-refractivity contribution >= 4 is 9.84 Å². The molecule has 39 heavy (non-hydrogen) atoms. The number of hydrogen-bond donors (Lipinski definition) is 0. The van der Waals surface area contributed by atoms with Crippen LogP contribution in [0.25, 0.3) is 22.9 Å². The van der Waals surface area contributed by atoms with Crippen molar-refractivity contribution in [2.24, 2.45) is 0 Å². The first kappa shape index (κ1) is 26.9. The van der Waals surface area contributed by atoms with Gasteiger partial charge in [-0.1, -0.05) is 19.9 Å². The molecule has 3 heterocycles. The minimum Gasteiger partial charge on any atom is -0.251 e. The fraction of sp³-hybridized carbons (Fsp3) is 0.407. The lowest BCUT2D eigenvalue weighted by atomic mass is 9.65. The van der Waals surface area contributed by atoms with E-state index in [4.69, 9.17) is 4.98 Å². The number of aryl methyl sites for hydroxylation is 1. The largest absolute Gasteiger partial charge is 0.251 e. The molecular formula is C27H29F2N7O2S. The van der Waals surface area contributed by atoms with Gasteiger partial charge in [-0.05, 0) is 61.4 Å². The van der Waals surface area contributed by atoms with E-state index in [-0.39, 0.29) is 35.3 Å². The Bertz CT molecular complexity index is 1610. The number of aromatic nitrogens is 7. The highest BCUT2D eigenvalue weighted by molar-refractivity contribution is 7.90. The summed E-state index contributed by atoms with van der Waals surface area (Å²) in [6, 6.07) is 7.37. The maximum absolute atomic E-state index is 14.6. The van der Waals surface area contributed by atoms with E-state index in [1.165, 1.54) is 35.5 Å². The van der Waals surface area contributed by atoms with Gasteiger partial charge in [0, 0.05) is 12.5 Å². The van der Waals surface area contributed by atoms with Crippen LogP contribution in [0, 0.1) is 11.6 Å². The molecule has 2 atom stereocenters. The second kappa shape index (κ2) is 10.5. The zero-order chi connectivity index (χ0) is 27.8. The van der Waals surface area contributed by atoms with Crippen molar-refractivity contribution in [3.63, 3.8) is 0 Å². The van der Waals surface area contributed by atoms with E-state index < -0.39 is 26.9 Å². The number of benzene rings is 1. The standard InChI is InChI=1S/C27H29F2N7O2S/c1-4-17-9-11-27(5-2,24-18(17)15-21(33-34-24)23-19(28)7-6-8-20(23)29)22-10-12-30-25(32-22)26-31-16-36(35-26)13-14-39(3,37)38/h6-8,10,12,15-17H,4-5,9,11,13-14H2,1-3H3/t17-,27+/m0/s1. The van der Waals surface area contributed by atoms with Crippen molar-refractivity contribution in [3.8, 4) is 22.9 Å². The first-order valence-electron chi connectivity index (χ1n) is 12.9. The Morgan fingerprint density at radius 1 is 1.08 bits per heavy atom. The summed E-state index contributed by atoms with van der Waals surface area (Å²) in [5.41, 5.74) is 1.80. The summed E-state index contributed by atoms with van der Waals surface area (Å²) in [5, 5.41) is 13.3. The Balaban J connectivity index is 1.56.